The fourth-order valence-corrected chi connectivity index (χ4v) is 6.36. The van der Waals surface area contributed by atoms with Crippen molar-refractivity contribution >= 4 is 8.80 Å². The topological polar surface area (TPSA) is 97.2 Å². The Bertz CT molecular complexity index is 358. The summed E-state index contributed by atoms with van der Waals surface area (Å²) in [6.45, 7) is 11.2. The molecule has 2 saturated heterocycles. The normalized spacial score (nSPS) is 24.5. The number of rotatable bonds is 17. The first-order chi connectivity index (χ1) is 12.6. The third-order valence-electron chi connectivity index (χ3n) is 4.44. The first kappa shape index (κ1) is 22.2. The maximum absolute atomic E-state index is 6.19. The van der Waals surface area contributed by atoms with Gasteiger partial charge in [-0.05, 0) is 33.7 Å². The monoisotopic (exact) mass is 393 g/mol. The Morgan fingerprint density at radius 1 is 0.885 bits per heavy atom. The molecule has 8 nitrogen and oxygen atoms in total. The minimum atomic E-state index is -3.11. The molecule has 2 aliphatic heterocycles. The van der Waals surface area contributed by atoms with Gasteiger partial charge in [0.15, 0.2) is 0 Å². The minimum Gasteiger partial charge on any atom is -0.378 e. The van der Waals surface area contributed by atoms with Gasteiger partial charge in [0.2, 0.25) is 0 Å². The summed E-state index contributed by atoms with van der Waals surface area (Å²) in [5.74, 6) is 0. The van der Waals surface area contributed by atoms with Crippen LogP contribution in [0.2, 0.25) is 5.04 Å². The van der Waals surface area contributed by atoms with Crippen molar-refractivity contribution in [2.75, 3.05) is 66.0 Å². The molecule has 2 fully saturated rings. The molecule has 0 aromatic carbocycles. The Hall–Kier alpha value is -0.103. The van der Waals surface area contributed by atoms with Gasteiger partial charge in [-0.3, -0.25) is 0 Å². The summed E-state index contributed by atoms with van der Waals surface area (Å²) >= 11 is 0. The van der Waals surface area contributed by atoms with E-state index < -0.39 is 13.8 Å². The molecular weight excluding hydrogens is 358 g/mol. The van der Waals surface area contributed by atoms with Crippen LogP contribution in [0.4, 0.5) is 0 Å². The fourth-order valence-electron chi connectivity index (χ4n) is 3.05. The first-order valence-electron chi connectivity index (χ1n) is 9.66. The van der Waals surface area contributed by atoms with E-state index >= 15 is 0 Å². The summed E-state index contributed by atoms with van der Waals surface area (Å²) < 4.78 is 41.1. The van der Waals surface area contributed by atoms with E-state index in [1.54, 1.807) is 0 Å². The summed E-state index contributed by atoms with van der Waals surface area (Å²) in [4.78, 5) is 0. The maximum atomic E-state index is 6.19. The predicted molar refractivity (Wildman–Crippen MR) is 98.1 cm³/mol. The summed E-state index contributed by atoms with van der Waals surface area (Å²) in [7, 11) is -3.11. The summed E-state index contributed by atoms with van der Waals surface area (Å²) in [6, 6.07) is 0. The van der Waals surface area contributed by atoms with E-state index in [9.17, 15) is 0 Å². The molecule has 2 unspecified atom stereocenters. The second-order valence-corrected chi connectivity index (χ2v) is 9.65. The number of nitrogens with two attached hydrogens (primary N) is 1. The van der Waals surface area contributed by atoms with Crippen LogP contribution in [0.1, 0.15) is 27.2 Å². The van der Waals surface area contributed by atoms with E-state index in [1.807, 2.05) is 20.8 Å². The van der Waals surface area contributed by atoms with Gasteiger partial charge >= 0.3 is 8.80 Å². The largest absolute Gasteiger partial charge is 0.512 e. The standard InChI is InChI=1S/C17H35NO7Si/c1-4-23-26(24-5-2,25-6-3)17(7-8-18,13-19-9-15-11-21-15)14-20-10-16-12-22-16/h15-16H,4-14,18H2,1-3H3. The van der Waals surface area contributed by atoms with Gasteiger partial charge in [0, 0.05) is 19.8 Å². The zero-order chi connectivity index (χ0) is 18.9. The number of hydrogen-bond donors (Lipinski definition) is 1. The minimum absolute atomic E-state index is 0.189. The third-order valence-corrected chi connectivity index (χ3v) is 8.29. The molecule has 0 amide bonds. The van der Waals surface area contributed by atoms with Crippen LogP contribution in [-0.2, 0) is 32.2 Å². The van der Waals surface area contributed by atoms with E-state index in [1.165, 1.54) is 0 Å². The van der Waals surface area contributed by atoms with Crippen molar-refractivity contribution in [1.82, 2.24) is 0 Å². The van der Waals surface area contributed by atoms with Crippen LogP contribution in [0, 0.1) is 0 Å². The highest BCUT2D eigenvalue weighted by atomic mass is 28.4. The maximum Gasteiger partial charge on any atom is 0.512 e. The molecule has 0 radical (unpaired) electrons. The SMILES string of the molecule is CCO[Si](OCC)(OCC)C(CCN)(COCC1CO1)COCC1CO1. The molecule has 2 rings (SSSR count). The molecule has 0 aromatic heterocycles. The van der Waals surface area contributed by atoms with Crippen molar-refractivity contribution in [2.24, 2.45) is 5.73 Å². The molecule has 2 aliphatic rings. The fraction of sp³-hybridized carbons (Fsp3) is 1.00. The lowest BCUT2D eigenvalue weighted by Gasteiger charge is -2.44. The summed E-state index contributed by atoms with van der Waals surface area (Å²) in [5, 5.41) is -0.562. The van der Waals surface area contributed by atoms with Crippen LogP contribution in [-0.4, -0.2) is 87.0 Å². The van der Waals surface area contributed by atoms with Crippen molar-refractivity contribution in [3.05, 3.63) is 0 Å². The van der Waals surface area contributed by atoms with Gasteiger partial charge < -0.3 is 38.0 Å². The zero-order valence-electron chi connectivity index (χ0n) is 16.4. The number of ether oxygens (including phenoxy) is 4. The average molecular weight is 394 g/mol. The zero-order valence-corrected chi connectivity index (χ0v) is 17.4. The highest BCUT2D eigenvalue weighted by Gasteiger charge is 2.61. The van der Waals surface area contributed by atoms with Gasteiger partial charge in [-0.2, -0.15) is 0 Å². The Balaban J connectivity index is 2.18. The van der Waals surface area contributed by atoms with E-state index in [-0.39, 0.29) is 12.2 Å². The Morgan fingerprint density at radius 3 is 1.62 bits per heavy atom. The van der Waals surface area contributed by atoms with E-state index in [2.05, 4.69) is 0 Å². The molecule has 154 valence electrons. The van der Waals surface area contributed by atoms with Crippen molar-refractivity contribution < 1.29 is 32.2 Å². The number of hydrogen-bond acceptors (Lipinski definition) is 8. The van der Waals surface area contributed by atoms with Crippen LogP contribution >= 0.6 is 0 Å². The predicted octanol–water partition coefficient (Wildman–Crippen LogP) is 0.955. The van der Waals surface area contributed by atoms with Crippen LogP contribution in [0.15, 0.2) is 0 Å². The van der Waals surface area contributed by atoms with E-state index in [0.29, 0.717) is 59.2 Å². The molecular formula is C17H35NO7Si. The smallest absolute Gasteiger partial charge is 0.378 e. The quantitative estimate of drug-likeness (QED) is 0.288. The molecule has 2 N–H and O–H groups in total. The Labute approximate surface area is 157 Å². The van der Waals surface area contributed by atoms with Crippen LogP contribution < -0.4 is 5.73 Å². The molecule has 26 heavy (non-hydrogen) atoms. The average Bonchev–Trinajstić information content (AvgIpc) is 3.50. The first-order valence-corrected chi connectivity index (χ1v) is 11.4. The third kappa shape index (κ3) is 6.22. The lowest BCUT2D eigenvalue weighted by atomic mass is 10.1. The van der Waals surface area contributed by atoms with Gasteiger partial charge in [0.1, 0.15) is 12.2 Å². The van der Waals surface area contributed by atoms with Gasteiger partial charge in [-0.25, -0.2) is 0 Å². The molecule has 2 heterocycles. The van der Waals surface area contributed by atoms with Gasteiger partial charge in [0.05, 0.1) is 44.7 Å². The molecule has 0 spiro atoms. The second-order valence-electron chi connectivity index (χ2n) is 6.62. The van der Waals surface area contributed by atoms with Crippen molar-refractivity contribution in [3.8, 4) is 0 Å². The highest BCUT2D eigenvalue weighted by molar-refractivity contribution is 6.64. The van der Waals surface area contributed by atoms with E-state index in [0.717, 1.165) is 13.2 Å². The van der Waals surface area contributed by atoms with Gasteiger partial charge in [-0.1, -0.05) is 0 Å². The van der Waals surface area contributed by atoms with Crippen molar-refractivity contribution in [2.45, 2.75) is 44.4 Å². The highest BCUT2D eigenvalue weighted by Crippen LogP contribution is 2.44. The summed E-state index contributed by atoms with van der Waals surface area (Å²) in [6.07, 6.45) is 1.01. The van der Waals surface area contributed by atoms with Gasteiger partial charge in [0.25, 0.3) is 0 Å². The molecule has 0 saturated carbocycles. The van der Waals surface area contributed by atoms with Crippen molar-refractivity contribution in [1.29, 1.82) is 0 Å². The lowest BCUT2D eigenvalue weighted by Crippen LogP contribution is -2.61. The van der Waals surface area contributed by atoms with Gasteiger partial charge in [-0.15, -0.1) is 0 Å². The van der Waals surface area contributed by atoms with E-state index in [4.69, 9.17) is 38.0 Å². The Morgan fingerprint density at radius 2 is 1.31 bits per heavy atom. The lowest BCUT2D eigenvalue weighted by molar-refractivity contribution is -0.0267. The summed E-state index contributed by atoms with van der Waals surface area (Å²) in [5.41, 5.74) is 5.98. The molecule has 0 aliphatic carbocycles. The van der Waals surface area contributed by atoms with Crippen molar-refractivity contribution in [3.63, 3.8) is 0 Å². The second kappa shape index (κ2) is 11.0. The number of epoxide rings is 2. The molecule has 9 heteroatoms. The van der Waals surface area contributed by atoms with Crippen LogP contribution in [0.3, 0.4) is 0 Å². The molecule has 2 atom stereocenters. The Kier molecular flexibility index (Phi) is 9.42. The van der Waals surface area contributed by atoms with Crippen LogP contribution in [0.5, 0.6) is 0 Å². The molecule has 0 aromatic rings. The van der Waals surface area contributed by atoms with Crippen LogP contribution in [0.25, 0.3) is 0 Å². The molecule has 0 bridgehead atoms.